The van der Waals surface area contributed by atoms with E-state index in [9.17, 15) is 5.26 Å². The Morgan fingerprint density at radius 3 is 2.87 bits per heavy atom. The molecule has 2 aromatic carbocycles. The van der Waals surface area contributed by atoms with Crippen LogP contribution in [0.1, 0.15) is 18.3 Å². The maximum absolute atomic E-state index is 9.47. The van der Waals surface area contributed by atoms with Gasteiger partial charge < -0.3 is 9.72 Å². The predicted molar refractivity (Wildman–Crippen MR) is 99.9 cm³/mol. The van der Waals surface area contributed by atoms with E-state index in [0.29, 0.717) is 18.0 Å². The van der Waals surface area contributed by atoms with Crippen molar-refractivity contribution >= 4 is 45.3 Å². The average molecular weight is 415 g/mol. The fourth-order valence-electron chi connectivity index (χ4n) is 2.28. The maximum atomic E-state index is 9.47. The van der Waals surface area contributed by atoms with Crippen LogP contribution in [-0.2, 0) is 0 Å². The lowest BCUT2D eigenvalue weighted by Crippen LogP contribution is -1.94. The molecule has 3 aromatic rings. The number of para-hydroxylation sites is 2. The van der Waals surface area contributed by atoms with Crippen LogP contribution in [0, 0.1) is 14.9 Å². The highest BCUT2D eigenvalue weighted by Gasteiger charge is 2.08. The number of H-pyrrole nitrogens is 1. The maximum Gasteiger partial charge on any atom is 0.149 e. The first-order valence-electron chi connectivity index (χ1n) is 7.20. The molecular formula is C18H14IN3O. The molecule has 0 saturated heterocycles. The second-order valence-electron chi connectivity index (χ2n) is 4.90. The zero-order valence-corrected chi connectivity index (χ0v) is 14.7. The van der Waals surface area contributed by atoms with E-state index in [1.54, 1.807) is 0 Å². The Labute approximate surface area is 148 Å². The Bertz CT molecular complexity index is 888. The summed E-state index contributed by atoms with van der Waals surface area (Å²) in [5, 5.41) is 9.47. The molecule has 5 heteroatoms. The molecule has 0 atom stereocenters. The molecule has 0 amide bonds. The number of halogens is 1. The topological polar surface area (TPSA) is 61.7 Å². The number of hydrogen-bond acceptors (Lipinski definition) is 3. The second kappa shape index (κ2) is 6.84. The lowest BCUT2D eigenvalue weighted by atomic mass is 10.1. The number of allylic oxidation sites excluding steroid dienone is 1. The lowest BCUT2D eigenvalue weighted by molar-refractivity contribution is 0.338. The van der Waals surface area contributed by atoms with Crippen molar-refractivity contribution in [3.8, 4) is 11.8 Å². The molecule has 0 fully saturated rings. The SMILES string of the molecule is CCOc1ccc(C=C(C#N)c2nc3ccccc3[nH]2)cc1I. The highest BCUT2D eigenvalue weighted by Crippen LogP contribution is 2.25. The summed E-state index contributed by atoms with van der Waals surface area (Å²) in [6.45, 7) is 2.59. The van der Waals surface area contributed by atoms with Gasteiger partial charge in [0.1, 0.15) is 17.6 Å². The summed E-state index contributed by atoms with van der Waals surface area (Å²) in [5.74, 6) is 1.44. The van der Waals surface area contributed by atoms with Crippen LogP contribution in [0.4, 0.5) is 0 Å². The van der Waals surface area contributed by atoms with E-state index in [1.165, 1.54) is 0 Å². The van der Waals surface area contributed by atoms with Crippen LogP contribution < -0.4 is 4.74 Å². The third kappa shape index (κ3) is 3.37. The molecule has 0 bridgehead atoms. The smallest absolute Gasteiger partial charge is 0.149 e. The van der Waals surface area contributed by atoms with Gasteiger partial charge >= 0.3 is 0 Å². The number of hydrogen-bond donors (Lipinski definition) is 1. The summed E-state index contributed by atoms with van der Waals surface area (Å²) in [5.41, 5.74) is 3.21. The van der Waals surface area contributed by atoms with Gasteiger partial charge in [-0.05, 0) is 65.4 Å². The van der Waals surface area contributed by atoms with Crippen molar-refractivity contribution in [3.63, 3.8) is 0 Å². The van der Waals surface area contributed by atoms with Crippen molar-refractivity contribution < 1.29 is 4.74 Å². The molecule has 0 unspecified atom stereocenters. The minimum Gasteiger partial charge on any atom is -0.493 e. The summed E-state index contributed by atoms with van der Waals surface area (Å²) in [6, 6.07) is 15.8. The molecule has 0 saturated carbocycles. The first-order chi connectivity index (χ1) is 11.2. The Hall–Kier alpha value is -2.33. The standard InChI is InChI=1S/C18H14IN3O/c1-2-23-17-8-7-12(10-14(17)19)9-13(11-20)18-21-15-5-3-4-6-16(15)22-18/h3-10H,2H2,1H3,(H,21,22). The Balaban J connectivity index is 1.98. The van der Waals surface area contributed by atoms with Crippen LogP contribution in [0.15, 0.2) is 42.5 Å². The fourth-order valence-corrected chi connectivity index (χ4v) is 2.98. The molecule has 1 aromatic heterocycles. The lowest BCUT2D eigenvalue weighted by Gasteiger charge is -2.06. The highest BCUT2D eigenvalue weighted by atomic mass is 127. The van der Waals surface area contributed by atoms with Gasteiger partial charge in [-0.3, -0.25) is 0 Å². The molecule has 114 valence electrons. The van der Waals surface area contributed by atoms with Gasteiger partial charge in [0.15, 0.2) is 0 Å². The van der Waals surface area contributed by atoms with Gasteiger partial charge in [-0.25, -0.2) is 4.98 Å². The molecule has 0 aliphatic rings. The van der Waals surface area contributed by atoms with E-state index < -0.39 is 0 Å². The van der Waals surface area contributed by atoms with Crippen LogP contribution in [-0.4, -0.2) is 16.6 Å². The van der Waals surface area contributed by atoms with E-state index in [1.807, 2.05) is 55.5 Å². The number of fused-ring (bicyclic) bond motifs is 1. The Kier molecular flexibility index (Phi) is 4.63. The molecule has 23 heavy (non-hydrogen) atoms. The second-order valence-corrected chi connectivity index (χ2v) is 6.06. The number of nitrogens with zero attached hydrogens (tertiary/aromatic N) is 2. The molecule has 0 aliphatic heterocycles. The van der Waals surface area contributed by atoms with Crippen LogP contribution in [0.25, 0.3) is 22.7 Å². The Morgan fingerprint density at radius 1 is 1.35 bits per heavy atom. The van der Waals surface area contributed by atoms with Crippen LogP contribution in [0.5, 0.6) is 5.75 Å². The fraction of sp³-hybridized carbons (Fsp3) is 0.111. The average Bonchev–Trinajstić information content (AvgIpc) is 2.99. The van der Waals surface area contributed by atoms with Gasteiger partial charge in [-0.1, -0.05) is 18.2 Å². The van der Waals surface area contributed by atoms with E-state index in [2.05, 4.69) is 38.6 Å². The number of imidazole rings is 1. The predicted octanol–water partition coefficient (Wildman–Crippen LogP) is 4.63. The van der Waals surface area contributed by atoms with Gasteiger partial charge in [0.2, 0.25) is 0 Å². The number of aromatic amines is 1. The molecule has 1 heterocycles. The molecule has 4 nitrogen and oxygen atoms in total. The first kappa shape index (κ1) is 15.6. The molecule has 0 radical (unpaired) electrons. The number of rotatable bonds is 4. The molecule has 1 N–H and O–H groups in total. The van der Waals surface area contributed by atoms with Crippen LogP contribution >= 0.6 is 22.6 Å². The van der Waals surface area contributed by atoms with Gasteiger partial charge in [0, 0.05) is 0 Å². The zero-order valence-electron chi connectivity index (χ0n) is 12.5. The summed E-state index contributed by atoms with van der Waals surface area (Å²) in [6.07, 6.45) is 1.83. The van der Waals surface area contributed by atoms with E-state index in [4.69, 9.17) is 4.74 Å². The molecule has 0 aliphatic carbocycles. The van der Waals surface area contributed by atoms with Crippen molar-refractivity contribution in [1.82, 2.24) is 9.97 Å². The summed E-state index contributed by atoms with van der Waals surface area (Å²) >= 11 is 2.23. The Morgan fingerprint density at radius 2 is 2.17 bits per heavy atom. The van der Waals surface area contributed by atoms with Gasteiger partial charge in [0.25, 0.3) is 0 Å². The number of nitriles is 1. The van der Waals surface area contributed by atoms with E-state index >= 15 is 0 Å². The summed E-state index contributed by atoms with van der Waals surface area (Å²) in [4.78, 5) is 7.66. The van der Waals surface area contributed by atoms with Crippen LogP contribution in [0.3, 0.4) is 0 Å². The molecular weight excluding hydrogens is 401 g/mol. The quantitative estimate of drug-likeness (QED) is 0.499. The summed E-state index contributed by atoms with van der Waals surface area (Å²) in [7, 11) is 0. The van der Waals surface area contributed by atoms with E-state index in [-0.39, 0.29) is 0 Å². The number of nitrogens with one attached hydrogen (secondary N) is 1. The van der Waals surface area contributed by atoms with Crippen molar-refractivity contribution in [2.24, 2.45) is 0 Å². The minimum atomic E-state index is 0.501. The number of benzene rings is 2. The van der Waals surface area contributed by atoms with Crippen molar-refractivity contribution in [3.05, 3.63) is 57.4 Å². The van der Waals surface area contributed by atoms with Crippen molar-refractivity contribution in [2.75, 3.05) is 6.61 Å². The highest BCUT2D eigenvalue weighted by molar-refractivity contribution is 14.1. The normalized spacial score (nSPS) is 11.4. The first-order valence-corrected chi connectivity index (χ1v) is 8.28. The van der Waals surface area contributed by atoms with Crippen molar-refractivity contribution in [2.45, 2.75) is 6.92 Å². The van der Waals surface area contributed by atoms with Crippen LogP contribution in [0.2, 0.25) is 0 Å². The number of aromatic nitrogens is 2. The molecule has 3 rings (SSSR count). The third-order valence-electron chi connectivity index (χ3n) is 3.33. The third-order valence-corrected chi connectivity index (χ3v) is 4.17. The van der Waals surface area contributed by atoms with Gasteiger partial charge in [-0.15, -0.1) is 0 Å². The minimum absolute atomic E-state index is 0.501. The monoisotopic (exact) mass is 415 g/mol. The molecule has 0 spiro atoms. The number of ether oxygens (including phenoxy) is 1. The summed E-state index contributed by atoms with van der Waals surface area (Å²) < 4.78 is 6.55. The van der Waals surface area contributed by atoms with Gasteiger partial charge in [0.05, 0.1) is 26.8 Å². The van der Waals surface area contributed by atoms with E-state index in [0.717, 1.165) is 25.9 Å². The zero-order chi connectivity index (χ0) is 16.2. The van der Waals surface area contributed by atoms with Crippen molar-refractivity contribution in [1.29, 1.82) is 5.26 Å². The largest absolute Gasteiger partial charge is 0.493 e. The van der Waals surface area contributed by atoms with Gasteiger partial charge in [-0.2, -0.15) is 5.26 Å².